The number of rotatable bonds is 9. The summed E-state index contributed by atoms with van der Waals surface area (Å²) < 4.78 is 0. The maximum Gasteiger partial charge on any atom is 0.0406 e. The van der Waals surface area contributed by atoms with Crippen LogP contribution in [0.15, 0.2) is 84.9 Å². The van der Waals surface area contributed by atoms with Gasteiger partial charge >= 0.3 is 0 Å². The molecule has 0 N–H and O–H groups in total. The summed E-state index contributed by atoms with van der Waals surface area (Å²) >= 11 is 8.35. The average Bonchev–Trinajstić information content (AvgIpc) is 2.83. The monoisotopic (exact) mass is 477 g/mol. The molecule has 174 valence electrons. The smallest absolute Gasteiger partial charge is 0.0406 e. The molecule has 3 aromatic carbocycles. The van der Waals surface area contributed by atoms with Crippen molar-refractivity contribution >= 4 is 23.4 Å². The molecule has 33 heavy (non-hydrogen) atoms. The molecule has 1 aliphatic carbocycles. The van der Waals surface area contributed by atoms with Crippen LogP contribution < -0.4 is 0 Å². The van der Waals surface area contributed by atoms with Crippen LogP contribution in [-0.2, 0) is 12.2 Å². The van der Waals surface area contributed by atoms with Crippen LogP contribution in [0.5, 0.6) is 0 Å². The standard InChI is InChI=1S/C30H36ClNS/c1-32(2)29(27-13-15-28(31)16-14-27)30(23-33-22-26-11-7-4-8-12-26)19-17-25(18-20-30)21-24-9-5-3-6-10-24/h3-16,25,29H,17-23H2,1-2H3. The number of nitrogens with zero attached hydrogens (tertiary/aromatic N) is 1. The van der Waals surface area contributed by atoms with Crippen molar-refractivity contribution in [2.75, 3.05) is 19.8 Å². The van der Waals surface area contributed by atoms with Gasteiger partial charge in [-0.3, -0.25) is 0 Å². The first kappa shape index (κ1) is 24.4. The van der Waals surface area contributed by atoms with Gasteiger partial charge in [-0.05, 0) is 86.4 Å². The first-order valence-corrected chi connectivity index (χ1v) is 13.7. The lowest BCUT2D eigenvalue weighted by Gasteiger charge is -2.48. The minimum Gasteiger partial charge on any atom is -0.302 e. The lowest BCUT2D eigenvalue weighted by atomic mass is 9.64. The molecule has 1 saturated carbocycles. The molecule has 3 heteroatoms. The van der Waals surface area contributed by atoms with Crippen LogP contribution in [0.2, 0.25) is 5.02 Å². The SMILES string of the molecule is CN(C)C(c1ccc(Cl)cc1)C1(CSCc2ccccc2)CCC(Cc2ccccc2)CC1. The highest BCUT2D eigenvalue weighted by molar-refractivity contribution is 7.98. The summed E-state index contributed by atoms with van der Waals surface area (Å²) in [5.41, 5.74) is 4.56. The zero-order chi connectivity index (χ0) is 23.1. The quantitative estimate of drug-likeness (QED) is 0.305. The molecule has 0 saturated heterocycles. The molecule has 1 aliphatic rings. The van der Waals surface area contributed by atoms with Gasteiger partial charge in [-0.15, -0.1) is 0 Å². The first-order valence-electron chi connectivity index (χ1n) is 12.1. The summed E-state index contributed by atoms with van der Waals surface area (Å²) in [6.45, 7) is 0. The van der Waals surface area contributed by atoms with Crippen LogP contribution >= 0.6 is 23.4 Å². The van der Waals surface area contributed by atoms with Gasteiger partial charge in [-0.2, -0.15) is 11.8 Å². The molecule has 0 aliphatic heterocycles. The Labute approximate surface area is 209 Å². The maximum absolute atomic E-state index is 6.25. The van der Waals surface area contributed by atoms with E-state index in [0.29, 0.717) is 6.04 Å². The fraction of sp³-hybridized carbons (Fsp3) is 0.400. The Balaban J connectivity index is 1.53. The highest BCUT2D eigenvalue weighted by Crippen LogP contribution is 2.52. The van der Waals surface area contributed by atoms with Crippen molar-refractivity contribution in [2.24, 2.45) is 11.3 Å². The second-order valence-corrected chi connectivity index (χ2v) is 11.3. The summed E-state index contributed by atoms with van der Waals surface area (Å²) in [6.07, 6.45) is 6.37. The summed E-state index contributed by atoms with van der Waals surface area (Å²) in [6, 6.07) is 30.9. The van der Waals surface area contributed by atoms with E-state index in [1.54, 1.807) is 0 Å². The molecular weight excluding hydrogens is 442 g/mol. The molecule has 0 aromatic heterocycles. The van der Waals surface area contributed by atoms with Crippen molar-refractivity contribution in [3.05, 3.63) is 107 Å². The Morgan fingerprint density at radius 2 is 1.42 bits per heavy atom. The number of benzene rings is 3. The number of halogens is 1. The molecule has 1 nitrogen and oxygen atoms in total. The minimum absolute atomic E-state index is 0.268. The molecule has 1 atom stereocenters. The van der Waals surface area contributed by atoms with Crippen LogP contribution in [0.3, 0.4) is 0 Å². The largest absolute Gasteiger partial charge is 0.302 e. The van der Waals surface area contributed by atoms with Gasteiger partial charge in [0.2, 0.25) is 0 Å². The van der Waals surface area contributed by atoms with Gasteiger partial charge in [0.25, 0.3) is 0 Å². The molecule has 0 spiro atoms. The maximum atomic E-state index is 6.25. The molecule has 3 aromatic rings. The van der Waals surface area contributed by atoms with Gasteiger partial charge in [-0.1, -0.05) is 84.4 Å². The second-order valence-electron chi connectivity index (χ2n) is 9.89. The number of hydrogen-bond acceptors (Lipinski definition) is 2. The van der Waals surface area contributed by atoms with E-state index in [1.165, 1.54) is 54.5 Å². The van der Waals surface area contributed by atoms with Crippen molar-refractivity contribution in [1.82, 2.24) is 4.90 Å². The second kappa shape index (κ2) is 11.6. The Morgan fingerprint density at radius 1 is 0.848 bits per heavy atom. The Morgan fingerprint density at radius 3 is 2.00 bits per heavy atom. The van der Waals surface area contributed by atoms with Crippen LogP contribution in [0.4, 0.5) is 0 Å². The third-order valence-corrected chi connectivity index (χ3v) is 8.82. The van der Waals surface area contributed by atoms with E-state index < -0.39 is 0 Å². The average molecular weight is 478 g/mol. The van der Waals surface area contributed by atoms with Gasteiger partial charge in [0.15, 0.2) is 0 Å². The molecule has 1 fully saturated rings. The van der Waals surface area contributed by atoms with Gasteiger partial charge in [-0.25, -0.2) is 0 Å². The normalized spacial score (nSPS) is 21.8. The molecule has 4 rings (SSSR count). The summed E-state index contributed by atoms with van der Waals surface area (Å²) in [5, 5.41) is 0.815. The lowest BCUT2D eigenvalue weighted by Crippen LogP contribution is -2.42. The summed E-state index contributed by atoms with van der Waals surface area (Å²) in [5.74, 6) is 3.05. The van der Waals surface area contributed by atoms with E-state index in [2.05, 4.69) is 116 Å². The molecule has 0 heterocycles. The highest BCUT2D eigenvalue weighted by Gasteiger charge is 2.43. The fourth-order valence-corrected chi connectivity index (χ4v) is 7.20. The Kier molecular flexibility index (Phi) is 8.57. The Hall–Kier alpha value is -1.74. The van der Waals surface area contributed by atoms with E-state index in [9.17, 15) is 0 Å². The van der Waals surface area contributed by atoms with E-state index in [-0.39, 0.29) is 5.41 Å². The van der Waals surface area contributed by atoms with Gasteiger partial charge in [0, 0.05) is 22.6 Å². The van der Waals surface area contributed by atoms with Gasteiger partial charge in [0.1, 0.15) is 0 Å². The molecule has 0 bridgehead atoms. The van der Waals surface area contributed by atoms with E-state index in [4.69, 9.17) is 11.6 Å². The zero-order valence-electron chi connectivity index (χ0n) is 19.9. The molecular formula is C30H36ClNS. The van der Waals surface area contributed by atoms with Crippen molar-refractivity contribution in [3.8, 4) is 0 Å². The van der Waals surface area contributed by atoms with Crippen molar-refractivity contribution in [3.63, 3.8) is 0 Å². The van der Waals surface area contributed by atoms with E-state index in [0.717, 1.165) is 16.7 Å². The third kappa shape index (κ3) is 6.44. The lowest BCUT2D eigenvalue weighted by molar-refractivity contribution is 0.0624. The molecule has 0 amide bonds. The predicted molar refractivity (Wildman–Crippen MR) is 145 cm³/mol. The highest BCUT2D eigenvalue weighted by atomic mass is 35.5. The third-order valence-electron chi connectivity index (χ3n) is 7.25. The van der Waals surface area contributed by atoms with Gasteiger partial charge < -0.3 is 4.90 Å². The van der Waals surface area contributed by atoms with Crippen molar-refractivity contribution < 1.29 is 0 Å². The topological polar surface area (TPSA) is 3.24 Å². The number of hydrogen-bond donors (Lipinski definition) is 0. The Bertz CT molecular complexity index is 963. The van der Waals surface area contributed by atoms with E-state index in [1.807, 2.05) is 0 Å². The zero-order valence-corrected chi connectivity index (χ0v) is 21.5. The predicted octanol–water partition coefficient (Wildman–Crippen LogP) is 8.30. The van der Waals surface area contributed by atoms with Crippen molar-refractivity contribution in [1.29, 1.82) is 0 Å². The molecule has 0 radical (unpaired) electrons. The van der Waals surface area contributed by atoms with Crippen LogP contribution in [0.25, 0.3) is 0 Å². The van der Waals surface area contributed by atoms with Crippen LogP contribution in [0.1, 0.15) is 48.4 Å². The summed E-state index contributed by atoms with van der Waals surface area (Å²) in [4.78, 5) is 2.45. The van der Waals surface area contributed by atoms with Crippen LogP contribution in [-0.4, -0.2) is 24.7 Å². The number of thioether (sulfide) groups is 1. The first-order chi connectivity index (χ1) is 16.1. The molecule has 1 unspecified atom stereocenters. The fourth-order valence-electron chi connectivity index (χ4n) is 5.69. The van der Waals surface area contributed by atoms with Gasteiger partial charge in [0.05, 0.1) is 0 Å². The minimum atomic E-state index is 0.268. The van der Waals surface area contributed by atoms with Crippen molar-refractivity contribution in [2.45, 2.75) is 43.9 Å². The van der Waals surface area contributed by atoms with E-state index >= 15 is 0 Å². The summed E-state index contributed by atoms with van der Waals surface area (Å²) in [7, 11) is 4.50. The van der Waals surface area contributed by atoms with Crippen LogP contribution in [0, 0.1) is 11.3 Å².